The Balaban J connectivity index is 1.62. The van der Waals surface area contributed by atoms with Crippen LogP contribution in [-0.2, 0) is 4.79 Å². The summed E-state index contributed by atoms with van der Waals surface area (Å²) in [5, 5.41) is 3.45. The largest absolute Gasteiger partial charge is 0.363 e. The van der Waals surface area contributed by atoms with E-state index >= 15 is 0 Å². The average molecular weight is 279 g/mol. The number of hydrogen-bond donors (Lipinski definition) is 2. The molecule has 2 aliphatic rings. The van der Waals surface area contributed by atoms with Crippen LogP contribution < -0.4 is 5.32 Å². The molecule has 0 saturated carbocycles. The Hall–Kier alpha value is -0.940. The smallest absolute Gasteiger partial charge is 0.224 e. The summed E-state index contributed by atoms with van der Waals surface area (Å²) >= 11 is 1.95. The van der Waals surface area contributed by atoms with E-state index in [4.69, 9.17) is 0 Å². The third kappa shape index (κ3) is 2.98. The fourth-order valence-electron chi connectivity index (χ4n) is 3.02. The summed E-state index contributed by atoms with van der Waals surface area (Å²) in [6.45, 7) is 1.94. The second-order valence-corrected chi connectivity index (χ2v) is 6.45. The molecule has 0 aliphatic carbocycles. The summed E-state index contributed by atoms with van der Waals surface area (Å²) in [6, 6.07) is 4.72. The van der Waals surface area contributed by atoms with Crippen LogP contribution in [0, 0.1) is 0 Å². The monoisotopic (exact) mass is 279 g/mol. The van der Waals surface area contributed by atoms with Crippen LogP contribution in [0.5, 0.6) is 0 Å². The number of thioether (sulfide) groups is 1. The molecule has 19 heavy (non-hydrogen) atoms. The maximum absolute atomic E-state index is 12.5. The molecule has 1 aromatic heterocycles. The summed E-state index contributed by atoms with van der Waals surface area (Å²) in [6.07, 6.45) is 4.78. The molecule has 2 saturated heterocycles. The second-order valence-electron chi connectivity index (χ2n) is 5.30. The van der Waals surface area contributed by atoms with E-state index in [-0.39, 0.29) is 6.04 Å². The fourth-order valence-corrected chi connectivity index (χ4v) is 3.97. The standard InChI is InChI=1S/C14H21N3OS/c18-14(9-11-10-19-8-6-15-11)17-7-2-4-13(17)12-3-1-5-16-12/h1,3,5,11,13,15-16H,2,4,6-10H2. The van der Waals surface area contributed by atoms with Gasteiger partial charge in [0.1, 0.15) is 0 Å². The summed E-state index contributed by atoms with van der Waals surface area (Å²) in [5.41, 5.74) is 1.18. The molecule has 3 heterocycles. The molecule has 104 valence electrons. The van der Waals surface area contributed by atoms with Crippen molar-refractivity contribution in [2.45, 2.75) is 31.3 Å². The molecule has 2 N–H and O–H groups in total. The van der Waals surface area contributed by atoms with E-state index in [0.29, 0.717) is 18.4 Å². The van der Waals surface area contributed by atoms with Gasteiger partial charge >= 0.3 is 0 Å². The van der Waals surface area contributed by atoms with Gasteiger partial charge in [-0.3, -0.25) is 4.79 Å². The molecule has 3 rings (SSSR count). The molecule has 5 heteroatoms. The van der Waals surface area contributed by atoms with Crippen molar-refractivity contribution in [1.29, 1.82) is 0 Å². The second kappa shape index (κ2) is 6.01. The van der Waals surface area contributed by atoms with Gasteiger partial charge in [0, 0.05) is 48.9 Å². The minimum Gasteiger partial charge on any atom is -0.363 e. The zero-order valence-corrected chi connectivity index (χ0v) is 11.9. The predicted octanol–water partition coefficient (Wildman–Crippen LogP) is 1.77. The van der Waals surface area contributed by atoms with Gasteiger partial charge in [-0.05, 0) is 25.0 Å². The predicted molar refractivity (Wildman–Crippen MR) is 78.2 cm³/mol. The number of hydrogen-bond acceptors (Lipinski definition) is 3. The molecule has 2 atom stereocenters. The topological polar surface area (TPSA) is 48.1 Å². The van der Waals surface area contributed by atoms with Gasteiger partial charge in [0.2, 0.25) is 5.91 Å². The number of aromatic amines is 1. The molecular weight excluding hydrogens is 258 g/mol. The highest BCUT2D eigenvalue weighted by Crippen LogP contribution is 2.31. The molecule has 1 amide bonds. The SMILES string of the molecule is O=C(CC1CSCCN1)N1CCCC1c1ccc[nH]1. The lowest BCUT2D eigenvalue weighted by atomic mass is 10.1. The number of likely N-dealkylation sites (tertiary alicyclic amines) is 1. The van der Waals surface area contributed by atoms with Crippen LogP contribution in [0.1, 0.15) is 31.0 Å². The van der Waals surface area contributed by atoms with Gasteiger partial charge in [-0.1, -0.05) is 0 Å². The van der Waals surface area contributed by atoms with E-state index < -0.39 is 0 Å². The van der Waals surface area contributed by atoms with Crippen molar-refractivity contribution >= 4 is 17.7 Å². The Labute approximate surface area is 118 Å². The third-order valence-corrected chi connectivity index (χ3v) is 5.10. The van der Waals surface area contributed by atoms with Crippen LogP contribution in [0.4, 0.5) is 0 Å². The Morgan fingerprint density at radius 2 is 2.47 bits per heavy atom. The summed E-state index contributed by atoms with van der Waals surface area (Å²) < 4.78 is 0. The lowest BCUT2D eigenvalue weighted by Gasteiger charge is -2.28. The molecule has 2 aliphatic heterocycles. The van der Waals surface area contributed by atoms with E-state index in [1.54, 1.807) is 0 Å². The number of carbonyl (C=O) groups is 1. The van der Waals surface area contributed by atoms with Crippen LogP contribution in [0.2, 0.25) is 0 Å². The quantitative estimate of drug-likeness (QED) is 0.886. The van der Waals surface area contributed by atoms with E-state index in [0.717, 1.165) is 31.7 Å². The molecule has 4 nitrogen and oxygen atoms in total. The maximum atomic E-state index is 12.5. The van der Waals surface area contributed by atoms with Crippen molar-refractivity contribution in [2.24, 2.45) is 0 Å². The van der Waals surface area contributed by atoms with Crippen LogP contribution in [0.15, 0.2) is 18.3 Å². The number of H-pyrrole nitrogens is 1. The van der Waals surface area contributed by atoms with Gasteiger partial charge < -0.3 is 15.2 Å². The number of nitrogens with zero attached hydrogens (tertiary/aromatic N) is 1. The third-order valence-electron chi connectivity index (χ3n) is 3.97. The number of rotatable bonds is 3. The van der Waals surface area contributed by atoms with Gasteiger partial charge in [0.15, 0.2) is 0 Å². The highest BCUT2D eigenvalue weighted by molar-refractivity contribution is 7.99. The molecule has 0 bridgehead atoms. The Morgan fingerprint density at radius 3 is 3.21 bits per heavy atom. The number of carbonyl (C=O) groups excluding carboxylic acids is 1. The number of aromatic nitrogens is 1. The minimum atomic E-state index is 0.263. The van der Waals surface area contributed by atoms with E-state index in [2.05, 4.69) is 21.3 Å². The van der Waals surface area contributed by atoms with Crippen LogP contribution in [0.25, 0.3) is 0 Å². The van der Waals surface area contributed by atoms with Gasteiger partial charge in [-0.15, -0.1) is 0 Å². The first kappa shape index (κ1) is 13.1. The van der Waals surface area contributed by atoms with E-state index in [9.17, 15) is 4.79 Å². The first-order valence-corrected chi connectivity index (χ1v) is 8.24. The zero-order valence-electron chi connectivity index (χ0n) is 11.1. The molecule has 0 radical (unpaired) electrons. The number of nitrogens with one attached hydrogen (secondary N) is 2. The van der Waals surface area contributed by atoms with E-state index in [1.807, 2.05) is 24.0 Å². The van der Waals surface area contributed by atoms with Crippen molar-refractivity contribution in [3.63, 3.8) is 0 Å². The van der Waals surface area contributed by atoms with Crippen LogP contribution >= 0.6 is 11.8 Å². The van der Waals surface area contributed by atoms with E-state index in [1.165, 1.54) is 11.4 Å². The van der Waals surface area contributed by atoms with Crippen molar-refractivity contribution in [3.8, 4) is 0 Å². The van der Waals surface area contributed by atoms with Gasteiger partial charge in [-0.25, -0.2) is 0 Å². The first-order valence-electron chi connectivity index (χ1n) is 7.08. The Kier molecular flexibility index (Phi) is 4.13. The lowest BCUT2D eigenvalue weighted by molar-refractivity contribution is -0.132. The normalized spacial score (nSPS) is 27.7. The highest BCUT2D eigenvalue weighted by atomic mass is 32.2. The Bertz CT molecular complexity index is 414. The van der Waals surface area contributed by atoms with Gasteiger partial charge in [-0.2, -0.15) is 11.8 Å². The average Bonchev–Trinajstić information content (AvgIpc) is 3.10. The van der Waals surface area contributed by atoms with Gasteiger partial charge in [0.05, 0.1) is 6.04 Å². The van der Waals surface area contributed by atoms with Crippen LogP contribution in [-0.4, -0.2) is 46.4 Å². The molecule has 2 unspecified atom stereocenters. The van der Waals surface area contributed by atoms with Crippen molar-refractivity contribution in [2.75, 3.05) is 24.6 Å². The summed E-state index contributed by atoms with van der Waals surface area (Å²) in [4.78, 5) is 17.8. The molecule has 0 aromatic carbocycles. The Morgan fingerprint density at radius 1 is 1.53 bits per heavy atom. The zero-order chi connectivity index (χ0) is 13.1. The summed E-state index contributed by atoms with van der Waals surface area (Å²) in [5.74, 6) is 2.53. The molecule has 1 aromatic rings. The lowest BCUT2D eigenvalue weighted by Crippen LogP contribution is -2.42. The summed E-state index contributed by atoms with van der Waals surface area (Å²) in [7, 11) is 0. The minimum absolute atomic E-state index is 0.263. The number of amides is 1. The van der Waals surface area contributed by atoms with Crippen LogP contribution in [0.3, 0.4) is 0 Å². The van der Waals surface area contributed by atoms with Crippen molar-refractivity contribution in [1.82, 2.24) is 15.2 Å². The highest BCUT2D eigenvalue weighted by Gasteiger charge is 2.31. The first-order chi connectivity index (χ1) is 9.34. The van der Waals surface area contributed by atoms with Gasteiger partial charge in [0.25, 0.3) is 0 Å². The van der Waals surface area contributed by atoms with Crippen molar-refractivity contribution in [3.05, 3.63) is 24.0 Å². The maximum Gasteiger partial charge on any atom is 0.224 e. The molecular formula is C14H21N3OS. The molecule has 0 spiro atoms. The molecule has 2 fully saturated rings. The fraction of sp³-hybridized carbons (Fsp3) is 0.643. The van der Waals surface area contributed by atoms with Crippen molar-refractivity contribution < 1.29 is 4.79 Å².